The molecule has 0 rings (SSSR count). The lowest BCUT2D eigenvalue weighted by Crippen LogP contribution is -2.08. The van der Waals surface area contributed by atoms with Crippen LogP contribution < -0.4 is 10.6 Å². The first-order valence-electron chi connectivity index (χ1n) is 4.47. The van der Waals surface area contributed by atoms with Gasteiger partial charge in [0.1, 0.15) is 0 Å². The Morgan fingerprint density at radius 3 is 2.55 bits per heavy atom. The lowest BCUT2D eigenvalue weighted by molar-refractivity contribution is 0.645. The molecule has 0 unspecified atom stereocenters. The van der Waals surface area contributed by atoms with Crippen molar-refractivity contribution in [3.63, 3.8) is 0 Å². The summed E-state index contributed by atoms with van der Waals surface area (Å²) in [7, 11) is 1.90. The number of hydrogen-bond acceptors (Lipinski definition) is 2. The zero-order valence-corrected chi connectivity index (χ0v) is 7.69. The van der Waals surface area contributed by atoms with E-state index < -0.39 is 0 Å². The highest BCUT2D eigenvalue weighted by Crippen LogP contribution is 1.96. The third-order valence-corrected chi connectivity index (χ3v) is 1.54. The third kappa shape index (κ3) is 9.34. The molecule has 0 amide bonds. The predicted molar refractivity (Wildman–Crippen MR) is 50.3 cm³/mol. The largest absolute Gasteiger partial charge is 0.393 e. The fraction of sp³-hybridized carbons (Fsp3) is 0.778. The van der Waals surface area contributed by atoms with Crippen LogP contribution in [0.1, 0.15) is 32.6 Å². The smallest absolute Gasteiger partial charge is 0.0141 e. The van der Waals surface area contributed by atoms with Gasteiger partial charge in [0.05, 0.1) is 0 Å². The monoisotopic (exact) mass is 156 g/mol. The maximum Gasteiger partial charge on any atom is 0.0141 e. The molecular formula is C9H20N2. The Balaban J connectivity index is 2.85. The summed E-state index contributed by atoms with van der Waals surface area (Å²) in [6.07, 6.45) is 9.15. The van der Waals surface area contributed by atoms with Crippen molar-refractivity contribution in [2.75, 3.05) is 13.6 Å². The van der Waals surface area contributed by atoms with Gasteiger partial charge < -0.3 is 10.6 Å². The van der Waals surface area contributed by atoms with Crippen LogP contribution in [0.15, 0.2) is 12.4 Å². The van der Waals surface area contributed by atoms with E-state index in [2.05, 4.69) is 17.6 Å². The van der Waals surface area contributed by atoms with Gasteiger partial charge in [0.2, 0.25) is 0 Å². The van der Waals surface area contributed by atoms with Crippen LogP contribution in [0.4, 0.5) is 0 Å². The van der Waals surface area contributed by atoms with E-state index in [1.165, 1.54) is 25.7 Å². The Morgan fingerprint density at radius 2 is 1.91 bits per heavy atom. The van der Waals surface area contributed by atoms with Crippen LogP contribution in [0.5, 0.6) is 0 Å². The van der Waals surface area contributed by atoms with Crippen LogP contribution in [-0.2, 0) is 0 Å². The van der Waals surface area contributed by atoms with E-state index in [0.717, 1.165) is 6.54 Å². The van der Waals surface area contributed by atoms with Crippen molar-refractivity contribution in [3.05, 3.63) is 12.4 Å². The van der Waals surface area contributed by atoms with E-state index in [4.69, 9.17) is 0 Å². The number of unbranched alkanes of at least 4 members (excludes halogenated alkanes) is 3. The fourth-order valence-electron chi connectivity index (χ4n) is 0.879. The first-order chi connectivity index (χ1) is 5.41. The second kappa shape index (κ2) is 9.34. The van der Waals surface area contributed by atoms with Gasteiger partial charge in [-0.15, -0.1) is 0 Å². The van der Waals surface area contributed by atoms with Gasteiger partial charge in [0.15, 0.2) is 0 Å². The zero-order chi connectivity index (χ0) is 8.36. The Morgan fingerprint density at radius 1 is 1.09 bits per heavy atom. The minimum absolute atomic E-state index is 1.10. The summed E-state index contributed by atoms with van der Waals surface area (Å²) in [5.41, 5.74) is 0. The minimum Gasteiger partial charge on any atom is -0.393 e. The molecule has 0 bridgehead atoms. The topological polar surface area (TPSA) is 24.1 Å². The molecular weight excluding hydrogens is 136 g/mol. The van der Waals surface area contributed by atoms with Gasteiger partial charge in [-0.3, -0.25) is 0 Å². The van der Waals surface area contributed by atoms with Crippen LogP contribution in [0.3, 0.4) is 0 Å². The Kier molecular flexibility index (Phi) is 8.78. The van der Waals surface area contributed by atoms with Crippen molar-refractivity contribution in [1.29, 1.82) is 0 Å². The first-order valence-corrected chi connectivity index (χ1v) is 4.47. The van der Waals surface area contributed by atoms with Crippen molar-refractivity contribution < 1.29 is 0 Å². The van der Waals surface area contributed by atoms with Crippen LogP contribution in [0.2, 0.25) is 0 Å². The average Bonchev–Trinajstić information content (AvgIpc) is 2.03. The van der Waals surface area contributed by atoms with Crippen LogP contribution in [0.25, 0.3) is 0 Å². The quantitative estimate of drug-likeness (QED) is 0.550. The van der Waals surface area contributed by atoms with Crippen molar-refractivity contribution in [3.8, 4) is 0 Å². The molecule has 0 aliphatic rings. The molecule has 0 aliphatic heterocycles. The van der Waals surface area contributed by atoms with E-state index in [1.54, 1.807) is 0 Å². The van der Waals surface area contributed by atoms with Crippen molar-refractivity contribution in [1.82, 2.24) is 10.6 Å². The van der Waals surface area contributed by atoms with E-state index in [1.807, 2.05) is 19.4 Å². The fourth-order valence-corrected chi connectivity index (χ4v) is 0.879. The second-order valence-electron chi connectivity index (χ2n) is 2.64. The molecule has 2 nitrogen and oxygen atoms in total. The molecule has 0 aromatic rings. The molecule has 0 atom stereocenters. The maximum absolute atomic E-state index is 3.20. The predicted octanol–water partition coefficient (Wildman–Crippen LogP) is 1.85. The maximum atomic E-state index is 3.20. The summed E-state index contributed by atoms with van der Waals surface area (Å²) < 4.78 is 0. The number of nitrogens with one attached hydrogen (secondary N) is 2. The lowest BCUT2D eigenvalue weighted by Gasteiger charge is -1.99. The van der Waals surface area contributed by atoms with E-state index in [9.17, 15) is 0 Å². The van der Waals surface area contributed by atoms with Gasteiger partial charge >= 0.3 is 0 Å². The summed E-state index contributed by atoms with van der Waals surface area (Å²) in [5, 5.41) is 6.13. The standard InChI is InChI=1S/C9H20N2/c1-3-4-5-6-7-11-9-8-10-2/h8-11H,3-7H2,1-2H3/b9-8-. The zero-order valence-electron chi connectivity index (χ0n) is 7.69. The molecule has 0 saturated heterocycles. The van der Waals surface area contributed by atoms with Crippen molar-refractivity contribution >= 4 is 0 Å². The molecule has 0 saturated carbocycles. The van der Waals surface area contributed by atoms with Crippen LogP contribution in [-0.4, -0.2) is 13.6 Å². The molecule has 0 heterocycles. The molecule has 2 heteroatoms. The van der Waals surface area contributed by atoms with Gasteiger partial charge in [0, 0.05) is 26.0 Å². The van der Waals surface area contributed by atoms with Gasteiger partial charge in [-0.25, -0.2) is 0 Å². The van der Waals surface area contributed by atoms with Gasteiger partial charge in [-0.2, -0.15) is 0 Å². The van der Waals surface area contributed by atoms with E-state index >= 15 is 0 Å². The molecule has 0 aromatic carbocycles. The molecule has 66 valence electrons. The summed E-state index contributed by atoms with van der Waals surface area (Å²) in [6, 6.07) is 0. The average molecular weight is 156 g/mol. The van der Waals surface area contributed by atoms with Crippen LogP contribution >= 0.6 is 0 Å². The van der Waals surface area contributed by atoms with Crippen molar-refractivity contribution in [2.24, 2.45) is 0 Å². The third-order valence-electron chi connectivity index (χ3n) is 1.54. The highest BCUT2D eigenvalue weighted by atomic mass is 14.9. The van der Waals surface area contributed by atoms with E-state index in [-0.39, 0.29) is 0 Å². The SMILES string of the molecule is CCCCCCN/C=C\NC. The Bertz CT molecular complexity index is 89.6. The second-order valence-corrected chi connectivity index (χ2v) is 2.64. The molecule has 0 spiro atoms. The highest BCUT2D eigenvalue weighted by Gasteiger charge is 1.83. The van der Waals surface area contributed by atoms with E-state index in [0.29, 0.717) is 0 Å². The summed E-state index contributed by atoms with van der Waals surface area (Å²) >= 11 is 0. The summed E-state index contributed by atoms with van der Waals surface area (Å²) in [4.78, 5) is 0. The van der Waals surface area contributed by atoms with Gasteiger partial charge in [-0.05, 0) is 6.42 Å². The molecule has 2 N–H and O–H groups in total. The van der Waals surface area contributed by atoms with Crippen LogP contribution in [0, 0.1) is 0 Å². The molecule has 0 fully saturated rings. The molecule has 0 radical (unpaired) electrons. The van der Waals surface area contributed by atoms with Gasteiger partial charge in [-0.1, -0.05) is 26.2 Å². The number of rotatable bonds is 7. The minimum atomic E-state index is 1.10. The summed E-state index contributed by atoms with van der Waals surface area (Å²) in [5.74, 6) is 0. The molecule has 11 heavy (non-hydrogen) atoms. The Hall–Kier alpha value is -0.660. The molecule has 0 aliphatic carbocycles. The molecule has 0 aromatic heterocycles. The normalized spacial score (nSPS) is 10.4. The lowest BCUT2D eigenvalue weighted by atomic mass is 10.2. The van der Waals surface area contributed by atoms with Gasteiger partial charge in [0.25, 0.3) is 0 Å². The highest BCUT2D eigenvalue weighted by molar-refractivity contribution is 4.74. The first kappa shape index (κ1) is 10.3. The summed E-state index contributed by atoms with van der Waals surface area (Å²) in [6.45, 7) is 3.33. The van der Waals surface area contributed by atoms with Crippen molar-refractivity contribution in [2.45, 2.75) is 32.6 Å². The number of hydrogen-bond donors (Lipinski definition) is 2. The Labute approximate surface area is 70.1 Å².